The van der Waals surface area contributed by atoms with Gasteiger partial charge >= 0.3 is 0 Å². The van der Waals surface area contributed by atoms with Gasteiger partial charge in [-0.05, 0) is 80.7 Å². The van der Waals surface area contributed by atoms with Crippen LogP contribution in [0.5, 0.6) is 0 Å². The summed E-state index contributed by atoms with van der Waals surface area (Å²) in [6.45, 7) is 9.11. The fraction of sp³-hybridized carbons (Fsp3) is 0.414. The highest BCUT2D eigenvalue weighted by Gasteiger charge is 2.27. The van der Waals surface area contributed by atoms with Gasteiger partial charge in [-0.25, -0.2) is 4.98 Å². The second kappa shape index (κ2) is 12.0. The number of likely N-dealkylation sites (tertiary alicyclic amines) is 1. The van der Waals surface area contributed by atoms with Crippen LogP contribution in [0.15, 0.2) is 60.9 Å². The molecule has 0 radical (unpaired) electrons. The summed E-state index contributed by atoms with van der Waals surface area (Å²) in [6, 6.07) is 16.2. The van der Waals surface area contributed by atoms with Crippen molar-refractivity contribution in [1.29, 1.82) is 0 Å². The summed E-state index contributed by atoms with van der Waals surface area (Å²) in [4.78, 5) is 28.8. The summed E-state index contributed by atoms with van der Waals surface area (Å²) < 4.78 is 0. The van der Waals surface area contributed by atoms with Crippen molar-refractivity contribution >= 4 is 29.0 Å². The lowest BCUT2D eigenvalue weighted by molar-refractivity contribution is 0.102. The monoisotopic (exact) mass is 518 g/mol. The van der Waals surface area contributed by atoms with Crippen molar-refractivity contribution in [3.05, 3.63) is 82.8 Å². The number of piperazine rings is 1. The van der Waals surface area contributed by atoms with E-state index >= 15 is 0 Å². The molecule has 7 nitrogen and oxygen atoms in total. The highest BCUT2D eigenvalue weighted by molar-refractivity contribution is 6.31. The molecule has 5 rings (SSSR count). The molecular weight excluding hydrogens is 484 g/mol. The van der Waals surface area contributed by atoms with E-state index in [1.165, 1.54) is 30.4 Å². The van der Waals surface area contributed by atoms with E-state index in [-0.39, 0.29) is 5.91 Å². The van der Waals surface area contributed by atoms with Gasteiger partial charge < -0.3 is 10.2 Å². The van der Waals surface area contributed by atoms with Crippen molar-refractivity contribution < 1.29 is 4.79 Å². The molecule has 0 aliphatic carbocycles. The number of aromatic nitrogens is 2. The SMILES string of the molecule is Cc1ccc(CN2CCCC(N3CCN(c4cccc(C(=O)Nc5ccncc5)n4)CC3)CC2)c(Cl)c1. The van der Waals surface area contributed by atoms with Crippen LogP contribution in [0.3, 0.4) is 0 Å². The van der Waals surface area contributed by atoms with Gasteiger partial charge in [0.05, 0.1) is 0 Å². The summed E-state index contributed by atoms with van der Waals surface area (Å²) in [5.74, 6) is 0.658. The Balaban J connectivity index is 1.13. The van der Waals surface area contributed by atoms with E-state index in [9.17, 15) is 4.79 Å². The number of hydrogen-bond acceptors (Lipinski definition) is 6. The van der Waals surface area contributed by atoms with Gasteiger partial charge in [0.25, 0.3) is 5.91 Å². The van der Waals surface area contributed by atoms with Gasteiger partial charge in [-0.15, -0.1) is 0 Å². The fourth-order valence-electron chi connectivity index (χ4n) is 5.36. The molecule has 2 fully saturated rings. The van der Waals surface area contributed by atoms with Crippen LogP contribution in [-0.4, -0.2) is 71.0 Å². The quantitative estimate of drug-likeness (QED) is 0.502. The van der Waals surface area contributed by atoms with Crippen LogP contribution in [0, 0.1) is 6.92 Å². The third kappa shape index (κ3) is 6.66. The minimum Gasteiger partial charge on any atom is -0.354 e. The van der Waals surface area contributed by atoms with E-state index in [1.54, 1.807) is 30.6 Å². The molecule has 0 spiro atoms. The van der Waals surface area contributed by atoms with Crippen molar-refractivity contribution in [1.82, 2.24) is 19.8 Å². The Kier molecular flexibility index (Phi) is 8.34. The molecule has 1 N–H and O–H groups in total. The number of nitrogens with zero attached hydrogens (tertiary/aromatic N) is 5. The van der Waals surface area contributed by atoms with Gasteiger partial charge in [0, 0.05) is 61.9 Å². The lowest BCUT2D eigenvalue weighted by atomic mass is 10.1. The molecule has 37 heavy (non-hydrogen) atoms. The Hall–Kier alpha value is -3.00. The summed E-state index contributed by atoms with van der Waals surface area (Å²) >= 11 is 6.50. The molecular formula is C29H35ClN6O. The topological polar surface area (TPSA) is 64.6 Å². The number of amides is 1. The van der Waals surface area contributed by atoms with Crippen molar-refractivity contribution in [3.8, 4) is 0 Å². The Bertz CT molecular complexity index is 1200. The molecule has 8 heteroatoms. The Morgan fingerprint density at radius 2 is 1.81 bits per heavy atom. The Labute approximate surface area is 224 Å². The second-order valence-electron chi connectivity index (χ2n) is 10.0. The lowest BCUT2D eigenvalue weighted by Gasteiger charge is -2.39. The zero-order valence-corrected chi connectivity index (χ0v) is 22.2. The van der Waals surface area contributed by atoms with Gasteiger partial charge in [0.1, 0.15) is 11.5 Å². The Morgan fingerprint density at radius 1 is 1.00 bits per heavy atom. The van der Waals surface area contributed by atoms with Crippen LogP contribution < -0.4 is 10.2 Å². The lowest BCUT2D eigenvalue weighted by Crippen LogP contribution is -2.50. The van der Waals surface area contributed by atoms with Crippen LogP contribution in [0.25, 0.3) is 0 Å². The molecule has 2 aliphatic rings. The second-order valence-corrected chi connectivity index (χ2v) is 10.5. The van der Waals surface area contributed by atoms with E-state index in [2.05, 4.69) is 55.1 Å². The largest absolute Gasteiger partial charge is 0.354 e. The third-order valence-electron chi connectivity index (χ3n) is 7.45. The molecule has 1 atom stereocenters. The number of pyridine rings is 2. The minimum absolute atomic E-state index is 0.207. The maximum Gasteiger partial charge on any atom is 0.274 e. The maximum atomic E-state index is 12.7. The molecule has 1 unspecified atom stereocenters. The average Bonchev–Trinajstić information content (AvgIpc) is 3.17. The number of nitrogens with one attached hydrogen (secondary N) is 1. The molecule has 0 saturated carbocycles. The number of anilines is 2. The van der Waals surface area contributed by atoms with Crippen LogP contribution >= 0.6 is 11.6 Å². The van der Waals surface area contributed by atoms with Gasteiger partial charge in [0.2, 0.25) is 0 Å². The summed E-state index contributed by atoms with van der Waals surface area (Å²) in [7, 11) is 0. The van der Waals surface area contributed by atoms with Crippen LogP contribution in [0.1, 0.15) is 40.9 Å². The number of carbonyl (C=O) groups is 1. The summed E-state index contributed by atoms with van der Waals surface area (Å²) in [5.41, 5.74) is 3.57. The number of benzene rings is 1. The highest BCUT2D eigenvalue weighted by Crippen LogP contribution is 2.24. The van der Waals surface area contributed by atoms with Crippen LogP contribution in [0.4, 0.5) is 11.5 Å². The molecule has 1 aromatic carbocycles. The highest BCUT2D eigenvalue weighted by atomic mass is 35.5. The predicted molar refractivity (Wildman–Crippen MR) is 149 cm³/mol. The molecule has 194 valence electrons. The van der Waals surface area contributed by atoms with Gasteiger partial charge in [0.15, 0.2) is 0 Å². The van der Waals surface area contributed by atoms with E-state index in [0.29, 0.717) is 17.4 Å². The summed E-state index contributed by atoms with van der Waals surface area (Å²) in [5, 5.41) is 3.77. The number of rotatable bonds is 6. The van der Waals surface area contributed by atoms with E-state index in [1.807, 2.05) is 12.1 Å². The fourth-order valence-corrected chi connectivity index (χ4v) is 5.65. The van der Waals surface area contributed by atoms with Crippen LogP contribution in [-0.2, 0) is 6.54 Å². The first-order chi connectivity index (χ1) is 18.0. The first kappa shape index (κ1) is 25.6. The smallest absolute Gasteiger partial charge is 0.274 e. The van der Waals surface area contributed by atoms with E-state index < -0.39 is 0 Å². The number of aryl methyl sites for hydroxylation is 1. The van der Waals surface area contributed by atoms with Crippen molar-refractivity contribution in [2.24, 2.45) is 0 Å². The first-order valence-corrected chi connectivity index (χ1v) is 13.6. The number of carbonyl (C=O) groups excluding carboxylic acids is 1. The van der Waals surface area contributed by atoms with Crippen LogP contribution in [0.2, 0.25) is 5.02 Å². The molecule has 4 heterocycles. The molecule has 2 aliphatic heterocycles. The minimum atomic E-state index is -0.207. The first-order valence-electron chi connectivity index (χ1n) is 13.2. The van der Waals surface area contributed by atoms with E-state index in [0.717, 1.165) is 56.7 Å². The molecule has 1 amide bonds. The standard InChI is InChI=1S/C29H35ClN6O/c1-22-7-8-23(26(30)20-22)21-34-14-3-4-25(11-15-34)35-16-18-36(19-17-35)28-6-2-5-27(33-28)29(37)32-24-9-12-31-13-10-24/h2,5-10,12-13,20,25H,3-4,11,14-19,21H2,1H3,(H,31,32,37). The van der Waals surface area contributed by atoms with Gasteiger partial charge in [-0.1, -0.05) is 29.8 Å². The predicted octanol–water partition coefficient (Wildman–Crippen LogP) is 4.87. The molecule has 3 aromatic rings. The molecule has 0 bridgehead atoms. The number of hydrogen-bond donors (Lipinski definition) is 1. The van der Waals surface area contributed by atoms with Crippen molar-refractivity contribution in [2.45, 2.75) is 38.8 Å². The van der Waals surface area contributed by atoms with Crippen molar-refractivity contribution in [3.63, 3.8) is 0 Å². The summed E-state index contributed by atoms with van der Waals surface area (Å²) in [6.07, 6.45) is 6.95. The zero-order chi connectivity index (χ0) is 25.6. The normalized spacial score (nSPS) is 19.4. The van der Waals surface area contributed by atoms with E-state index in [4.69, 9.17) is 11.6 Å². The molecule has 2 aromatic heterocycles. The zero-order valence-electron chi connectivity index (χ0n) is 21.4. The molecule has 2 saturated heterocycles. The number of halogens is 1. The Morgan fingerprint density at radius 3 is 2.59 bits per heavy atom. The van der Waals surface area contributed by atoms with Crippen molar-refractivity contribution in [2.75, 3.05) is 49.5 Å². The average molecular weight is 519 g/mol. The van der Waals surface area contributed by atoms with Gasteiger partial charge in [-0.2, -0.15) is 0 Å². The maximum absolute atomic E-state index is 12.7. The van der Waals surface area contributed by atoms with Gasteiger partial charge in [-0.3, -0.25) is 19.6 Å². The third-order valence-corrected chi connectivity index (χ3v) is 7.80.